The summed E-state index contributed by atoms with van der Waals surface area (Å²) in [4.78, 5) is 13.2. The van der Waals surface area contributed by atoms with Crippen LogP contribution in [-0.2, 0) is 24.8 Å². The van der Waals surface area contributed by atoms with Gasteiger partial charge >= 0.3 is 267 Å². The van der Waals surface area contributed by atoms with Crippen molar-refractivity contribution in [2.24, 2.45) is 52.3 Å². The molecule has 0 heterocycles. The summed E-state index contributed by atoms with van der Waals surface area (Å²) in [5.41, 5.74) is 15.3. The van der Waals surface area contributed by atoms with Gasteiger partial charge in [0.25, 0.3) is 0 Å². The van der Waals surface area contributed by atoms with Crippen molar-refractivity contribution in [3.05, 3.63) is 59.7 Å². The van der Waals surface area contributed by atoms with Crippen LogP contribution in [0.2, 0.25) is 0 Å². The second kappa shape index (κ2) is 14.0. The van der Waals surface area contributed by atoms with Crippen LogP contribution in [0.15, 0.2) is 48.5 Å². The first-order valence-corrected chi connectivity index (χ1v) is 19.0. The van der Waals surface area contributed by atoms with Gasteiger partial charge < -0.3 is 5.73 Å². The summed E-state index contributed by atoms with van der Waals surface area (Å²) >= 11 is 5.00. The van der Waals surface area contributed by atoms with Gasteiger partial charge in [-0.1, -0.05) is 13.8 Å². The van der Waals surface area contributed by atoms with E-state index in [0.717, 1.165) is 60.6 Å². The third kappa shape index (κ3) is 6.98. The summed E-state index contributed by atoms with van der Waals surface area (Å²) in [7, 11) is 0. The standard InChI is InChI=1S/C41H58N2O3.Co/c1-26(2)7-6-8-27(3)34-17-18-35-33-24-38(45-25-28-9-13-30(42)14-10-28)37-23-32(46-39(44)29-11-15-31(43)16-12-29)19-21-41(37,5)36(33)20-22-40(34,35)4;/h9-16,26-27,32-38H,6-8,17-24,42-43H2,1-5H3;. The first kappa shape index (κ1) is 34.7. The van der Waals surface area contributed by atoms with E-state index in [4.69, 9.17) is 36.2 Å². The van der Waals surface area contributed by atoms with Gasteiger partial charge in [0.05, 0.1) is 0 Å². The molecule has 10 unspecified atom stereocenters. The normalized spacial score (nSPS) is 35.4. The average Bonchev–Trinajstić information content (AvgIpc) is 3.39. The number of nitrogen functional groups attached to an aromatic ring is 2. The van der Waals surface area contributed by atoms with Crippen molar-refractivity contribution in [2.45, 2.75) is 117 Å². The molecule has 4 aliphatic carbocycles. The molecule has 5 nitrogen and oxygen atoms in total. The molecular formula is C41H58CoN2O3. The quantitative estimate of drug-likeness (QED) is 0.192. The predicted molar refractivity (Wildman–Crippen MR) is 188 cm³/mol. The monoisotopic (exact) mass is 685 g/mol. The van der Waals surface area contributed by atoms with E-state index in [2.05, 4.69) is 34.6 Å². The molecule has 10 atom stereocenters. The fraction of sp³-hybridized carbons (Fsp3) is 0.659. The van der Waals surface area contributed by atoms with Crippen molar-refractivity contribution >= 4 is 22.0 Å². The number of carbonyl (C=O) groups excluding carboxylic acids is 1. The Morgan fingerprint density at radius 1 is 0.787 bits per heavy atom. The van der Waals surface area contributed by atoms with Crippen LogP contribution in [-0.4, -0.2) is 22.8 Å². The summed E-state index contributed by atoms with van der Waals surface area (Å²) in [6.07, 6.45) is 13.1. The van der Waals surface area contributed by atoms with Crippen LogP contribution < -0.4 is 11.5 Å². The Labute approximate surface area is 291 Å². The van der Waals surface area contributed by atoms with Crippen LogP contribution in [0.3, 0.4) is 0 Å². The molecule has 2 aromatic carbocycles. The molecule has 0 amide bonds. The number of hydrogen-bond donors (Lipinski definition) is 2. The van der Waals surface area contributed by atoms with Crippen molar-refractivity contribution in [3.8, 4) is 0 Å². The zero-order valence-corrected chi connectivity index (χ0v) is 30.3. The molecule has 0 spiro atoms. The van der Waals surface area contributed by atoms with Gasteiger partial charge in [-0.2, -0.15) is 0 Å². The molecule has 0 bridgehead atoms. The molecule has 0 radical (unpaired) electrons. The summed E-state index contributed by atoms with van der Waals surface area (Å²) in [6.45, 7) is 12.5. The molecule has 4 saturated carbocycles. The van der Waals surface area contributed by atoms with Crippen molar-refractivity contribution in [3.63, 3.8) is 0 Å². The van der Waals surface area contributed by atoms with E-state index in [1.165, 1.54) is 44.9 Å². The molecule has 47 heavy (non-hydrogen) atoms. The maximum atomic E-state index is 13.2. The fourth-order valence-corrected chi connectivity index (χ4v) is 11.5. The van der Waals surface area contributed by atoms with E-state index >= 15 is 0 Å². The maximum absolute atomic E-state index is 13.2. The number of hydrogen-bond acceptors (Lipinski definition) is 5. The van der Waals surface area contributed by atoms with Gasteiger partial charge in [0, 0.05) is 0 Å². The van der Waals surface area contributed by atoms with E-state index in [1.807, 2.05) is 24.3 Å². The third-order valence-electron chi connectivity index (χ3n) is 13.6. The first-order valence-electron chi connectivity index (χ1n) is 18.5. The topological polar surface area (TPSA) is 87.6 Å². The second-order valence-electron chi connectivity index (χ2n) is 16.7. The number of ether oxygens (including phenoxy) is 2. The van der Waals surface area contributed by atoms with E-state index in [-0.39, 0.29) is 29.5 Å². The van der Waals surface area contributed by atoms with Crippen molar-refractivity contribution < 1.29 is 29.6 Å². The summed E-state index contributed by atoms with van der Waals surface area (Å²) in [5, 5.41) is 0. The van der Waals surface area contributed by atoms with Crippen LogP contribution in [0.25, 0.3) is 0 Å². The summed E-state index contributed by atoms with van der Waals surface area (Å²) in [5.74, 6) is 4.47. The van der Waals surface area contributed by atoms with E-state index in [1.54, 1.807) is 24.3 Å². The number of fused-ring (bicyclic) bond motifs is 5. The van der Waals surface area contributed by atoms with Crippen LogP contribution in [0, 0.1) is 52.3 Å². The average molecular weight is 686 g/mol. The van der Waals surface area contributed by atoms with Crippen LogP contribution >= 0.6 is 0 Å². The van der Waals surface area contributed by atoms with Gasteiger partial charge in [0.2, 0.25) is 0 Å². The number of esters is 1. The van der Waals surface area contributed by atoms with Gasteiger partial charge in [-0.15, -0.1) is 0 Å². The molecule has 2 aromatic rings. The van der Waals surface area contributed by atoms with Crippen molar-refractivity contribution in [2.75, 3.05) is 11.5 Å². The minimum absolute atomic E-state index is 0.0207. The van der Waals surface area contributed by atoms with E-state index < -0.39 is 0 Å². The molecule has 4 N–H and O–H groups in total. The number of rotatable bonds is 10. The Balaban J connectivity index is 1.24. The van der Waals surface area contributed by atoms with Crippen LogP contribution in [0.4, 0.5) is 11.4 Å². The predicted octanol–water partition coefficient (Wildman–Crippen LogP) is 9.22. The van der Waals surface area contributed by atoms with Crippen molar-refractivity contribution in [1.82, 2.24) is 0 Å². The Morgan fingerprint density at radius 3 is 2.06 bits per heavy atom. The number of nitrogens with two attached hydrogens (primary N) is 2. The third-order valence-corrected chi connectivity index (χ3v) is 14.0. The minimum atomic E-state index is -0.263. The molecule has 6 rings (SSSR count). The zero-order chi connectivity index (χ0) is 33.5. The van der Waals surface area contributed by atoms with E-state index in [9.17, 15) is 4.79 Å². The molecule has 6 heteroatoms. The van der Waals surface area contributed by atoms with Gasteiger partial charge in [0.15, 0.2) is 0 Å². The van der Waals surface area contributed by atoms with Crippen LogP contribution in [0.5, 0.6) is 0 Å². The zero-order valence-electron chi connectivity index (χ0n) is 29.3. The number of benzene rings is 2. The Morgan fingerprint density at radius 2 is 1.40 bits per heavy atom. The molecule has 4 fully saturated rings. The Hall–Kier alpha value is -2.15. The van der Waals surface area contributed by atoms with Gasteiger partial charge in [-0.3, -0.25) is 0 Å². The van der Waals surface area contributed by atoms with Gasteiger partial charge in [0.1, 0.15) is 0 Å². The number of anilines is 2. The van der Waals surface area contributed by atoms with E-state index in [0.29, 0.717) is 33.1 Å². The molecule has 259 valence electrons. The summed E-state index contributed by atoms with van der Waals surface area (Å²) < 4.78 is 13.8. The Bertz CT molecular complexity index is 1410. The fourth-order valence-electron chi connectivity index (χ4n) is 11.1. The van der Waals surface area contributed by atoms with Gasteiger partial charge in [-0.25, -0.2) is 0 Å². The second-order valence-corrected chi connectivity index (χ2v) is 17.2. The van der Waals surface area contributed by atoms with Gasteiger partial charge in [-0.05, 0) is 5.92 Å². The molecule has 0 saturated heterocycles. The van der Waals surface area contributed by atoms with Crippen molar-refractivity contribution in [1.29, 1.82) is 0 Å². The first-order chi connectivity index (χ1) is 22.4. The molecule has 4 aliphatic rings. The summed E-state index contributed by atoms with van der Waals surface area (Å²) in [6, 6.07) is 14.9. The molecule has 0 aliphatic heterocycles. The molecule has 0 aromatic heterocycles. The molecular weight excluding hydrogens is 627 g/mol. The van der Waals surface area contributed by atoms with Crippen LogP contribution in [0.1, 0.15) is 121 Å². The number of carbonyl (C=O) groups is 1. The Kier molecular flexibility index (Phi) is 10.3. The SMILES string of the molecule is CC(C)CCCC(C)C1CCC2C3CC(O[C](=[Co])c4ccc(N)cc4)C4CC(OC(=O)c5ccc(N)cc5)CCC4(C)C3CCC12C.